The molecule has 0 aliphatic heterocycles. The molecule has 0 saturated heterocycles. The first kappa shape index (κ1) is 24.9. The highest BCUT2D eigenvalue weighted by Gasteiger charge is 2.64. The van der Waals surface area contributed by atoms with E-state index in [0.717, 1.165) is 6.07 Å². The molecule has 4 rings (SSSR count). The van der Waals surface area contributed by atoms with Crippen molar-refractivity contribution in [1.82, 2.24) is 4.90 Å². The van der Waals surface area contributed by atoms with Crippen molar-refractivity contribution in [1.29, 1.82) is 0 Å². The monoisotopic (exact) mass is 501 g/mol. The lowest BCUT2D eigenvalue weighted by atomic mass is 9.57. The number of carbonyl (C=O) groups excluding carboxylic acids is 3. The smallest absolute Gasteiger partial charge is 0.255 e. The van der Waals surface area contributed by atoms with Crippen molar-refractivity contribution in [3.8, 4) is 17.2 Å². The molecule has 14 heteroatoms. The zero-order chi connectivity index (χ0) is 26.7. The molecule has 3 aliphatic rings. The Morgan fingerprint density at radius 2 is 2.00 bits per heavy atom. The number of carbonyl (C=O) groups is 3. The summed E-state index contributed by atoms with van der Waals surface area (Å²) in [6.45, 7) is -0.372. The van der Waals surface area contributed by atoms with Crippen molar-refractivity contribution in [2.75, 3.05) is 20.8 Å². The van der Waals surface area contributed by atoms with Gasteiger partial charge in [0.05, 0.1) is 25.4 Å². The van der Waals surface area contributed by atoms with Gasteiger partial charge in [0.15, 0.2) is 22.9 Å². The average Bonchev–Trinajstić information content (AvgIpc) is 2.81. The van der Waals surface area contributed by atoms with Crippen LogP contribution in [0.5, 0.6) is 17.2 Å². The number of fused-ring (bicyclic) bond motifs is 3. The van der Waals surface area contributed by atoms with Gasteiger partial charge in [-0.3, -0.25) is 19.3 Å². The predicted octanol–water partition coefficient (Wildman–Crippen LogP) is 0.316. The van der Waals surface area contributed by atoms with Gasteiger partial charge in [0, 0.05) is 28.0 Å². The van der Waals surface area contributed by atoms with Crippen LogP contribution in [0, 0.1) is 11.8 Å². The number of azide groups is 1. The second-order valence-electron chi connectivity index (χ2n) is 8.93. The number of methoxy groups -OCH3 is 1. The number of hydrogen-bond acceptors (Lipinski definition) is 11. The van der Waals surface area contributed by atoms with Gasteiger partial charge in [-0.15, -0.1) is 0 Å². The zero-order valence-electron chi connectivity index (χ0n) is 19.2. The summed E-state index contributed by atoms with van der Waals surface area (Å²) in [5, 5.41) is 57.4. The molecule has 0 aromatic heterocycles. The topological polar surface area (TPSA) is 240 Å². The van der Waals surface area contributed by atoms with E-state index in [1.807, 2.05) is 0 Å². The van der Waals surface area contributed by atoms with E-state index in [2.05, 4.69) is 10.0 Å². The summed E-state index contributed by atoms with van der Waals surface area (Å²) in [5.41, 5.74) is 9.77. The fraction of sp³-hybridized carbons (Fsp3) is 0.409. The van der Waals surface area contributed by atoms with Gasteiger partial charge in [-0.25, -0.2) is 0 Å². The summed E-state index contributed by atoms with van der Waals surface area (Å²) < 4.78 is 5.26. The number of ketones is 2. The normalized spacial score (nSPS) is 27.3. The van der Waals surface area contributed by atoms with Crippen LogP contribution in [0.25, 0.3) is 16.2 Å². The Bertz CT molecular complexity index is 1330. The van der Waals surface area contributed by atoms with E-state index in [4.69, 9.17) is 16.0 Å². The third kappa shape index (κ3) is 3.19. The van der Waals surface area contributed by atoms with Gasteiger partial charge in [-0.2, -0.15) is 0 Å². The van der Waals surface area contributed by atoms with E-state index in [0.29, 0.717) is 0 Å². The molecule has 1 saturated carbocycles. The molecular formula is C22H23N5O9. The van der Waals surface area contributed by atoms with Crippen molar-refractivity contribution in [2.24, 2.45) is 22.7 Å². The minimum absolute atomic E-state index is 0.00180. The number of phenols is 2. The van der Waals surface area contributed by atoms with Crippen molar-refractivity contribution in [3.63, 3.8) is 0 Å². The summed E-state index contributed by atoms with van der Waals surface area (Å²) in [4.78, 5) is 42.9. The molecule has 36 heavy (non-hydrogen) atoms. The summed E-state index contributed by atoms with van der Waals surface area (Å²) in [7, 11) is 2.67. The molecule has 0 radical (unpaired) electrons. The first-order chi connectivity index (χ1) is 16.9. The second kappa shape index (κ2) is 8.45. The van der Waals surface area contributed by atoms with Crippen LogP contribution in [-0.2, 0) is 20.8 Å². The van der Waals surface area contributed by atoms with Crippen LogP contribution in [-0.4, -0.2) is 80.4 Å². The van der Waals surface area contributed by atoms with Gasteiger partial charge in [0.1, 0.15) is 22.8 Å². The van der Waals surface area contributed by atoms with Crippen LogP contribution < -0.4 is 10.5 Å². The van der Waals surface area contributed by atoms with Crippen LogP contribution in [0.4, 0.5) is 0 Å². The van der Waals surface area contributed by atoms with Crippen LogP contribution >= 0.6 is 0 Å². The Hall–Kier alpha value is -4.26. The summed E-state index contributed by atoms with van der Waals surface area (Å²) in [6.07, 6.45) is -0.156. The third-order valence-corrected chi connectivity index (χ3v) is 7.15. The Labute approximate surface area is 203 Å². The van der Waals surface area contributed by atoms with Crippen LogP contribution in [0.2, 0.25) is 0 Å². The summed E-state index contributed by atoms with van der Waals surface area (Å²) >= 11 is 0. The number of primary amides is 1. The highest BCUT2D eigenvalue weighted by atomic mass is 16.5. The molecule has 1 fully saturated rings. The highest BCUT2D eigenvalue weighted by Crippen LogP contribution is 2.54. The van der Waals surface area contributed by atoms with Crippen LogP contribution in [0.15, 0.2) is 28.1 Å². The maximum absolute atomic E-state index is 13.8. The molecule has 0 bridgehead atoms. The number of hydrogen-bond donors (Lipinski definition) is 6. The number of aliphatic hydroxyl groups excluding tert-OH is 2. The highest BCUT2D eigenvalue weighted by molar-refractivity contribution is 6.24. The fourth-order valence-corrected chi connectivity index (χ4v) is 5.57. The SMILES string of the molecule is COc1cc(O)c(O)c2c1C[C@H]1C[C@H]3[C@H](N(C)CN=[N+]=[N-])C(=O)C(C(N)=O)=C(O)[C@@]3(O)C(=O)C1=C2O. The number of aliphatic hydroxyl groups is 3. The van der Waals surface area contributed by atoms with Crippen molar-refractivity contribution in [3.05, 3.63) is 44.5 Å². The Kier molecular flexibility index (Phi) is 5.83. The molecule has 14 nitrogen and oxygen atoms in total. The molecule has 0 spiro atoms. The number of nitrogens with two attached hydrogens (primary N) is 1. The van der Waals surface area contributed by atoms with Gasteiger partial charge in [0.2, 0.25) is 5.78 Å². The second-order valence-corrected chi connectivity index (χ2v) is 8.93. The summed E-state index contributed by atoms with van der Waals surface area (Å²) in [6, 6.07) is -0.259. The number of amides is 1. The third-order valence-electron chi connectivity index (χ3n) is 7.15. The van der Waals surface area contributed by atoms with Crippen molar-refractivity contribution >= 4 is 23.2 Å². The molecule has 190 valence electrons. The molecule has 1 aromatic carbocycles. The molecule has 4 atom stereocenters. The van der Waals surface area contributed by atoms with Crippen molar-refractivity contribution < 1.29 is 44.7 Å². The molecule has 3 aliphatic carbocycles. The van der Waals surface area contributed by atoms with E-state index >= 15 is 0 Å². The Morgan fingerprint density at radius 1 is 1.33 bits per heavy atom. The fourth-order valence-electron chi connectivity index (χ4n) is 5.57. The van der Waals surface area contributed by atoms with Gasteiger partial charge >= 0.3 is 0 Å². The van der Waals surface area contributed by atoms with Crippen LogP contribution in [0.3, 0.4) is 0 Å². The lowest BCUT2D eigenvalue weighted by Crippen LogP contribution is -2.66. The Balaban J connectivity index is 1.98. The number of phenolic OH excluding ortho intramolecular Hbond substituents is 2. The molecule has 0 heterocycles. The zero-order valence-corrected chi connectivity index (χ0v) is 19.2. The van der Waals surface area contributed by atoms with E-state index in [-0.39, 0.29) is 42.0 Å². The number of ether oxygens (including phenoxy) is 1. The van der Waals surface area contributed by atoms with E-state index in [9.17, 15) is 39.9 Å². The molecule has 1 aromatic rings. The first-order valence-electron chi connectivity index (χ1n) is 10.7. The van der Waals surface area contributed by atoms with Gasteiger partial charge in [0.25, 0.3) is 5.91 Å². The molecule has 7 N–H and O–H groups in total. The average molecular weight is 501 g/mol. The van der Waals surface area contributed by atoms with Gasteiger partial charge in [-0.05, 0) is 31.3 Å². The number of Topliss-reactive ketones (excluding diaryl/α,β-unsaturated/α-hetero) is 2. The largest absolute Gasteiger partial charge is 0.508 e. The number of aromatic hydroxyl groups is 2. The number of rotatable bonds is 5. The predicted molar refractivity (Wildman–Crippen MR) is 121 cm³/mol. The summed E-state index contributed by atoms with van der Waals surface area (Å²) in [5.74, 6) is -8.95. The van der Waals surface area contributed by atoms with Gasteiger partial charge in [-0.1, -0.05) is 5.11 Å². The standard InChI is InChI=1S/C22H23N5O9/c1-27(6-25-26-24)15-9-4-7-3-8-11(36-2)5-10(28)16(29)13(8)17(30)12(7)19(32)22(9,35)20(33)14(18(15)31)21(23)34/h5,7,9,15,28-30,33,35H,3-4,6H2,1-2H3,(H2,23,34)/t7-,9-,15-,22-/m0/s1. The Morgan fingerprint density at radius 3 is 2.58 bits per heavy atom. The quantitative estimate of drug-likeness (QED) is 0.106. The lowest BCUT2D eigenvalue weighted by molar-refractivity contribution is -0.154. The maximum atomic E-state index is 13.8. The first-order valence-corrected chi connectivity index (χ1v) is 10.7. The minimum Gasteiger partial charge on any atom is -0.508 e. The van der Waals surface area contributed by atoms with E-state index in [1.54, 1.807) is 0 Å². The van der Waals surface area contributed by atoms with Crippen molar-refractivity contribution in [2.45, 2.75) is 24.5 Å². The maximum Gasteiger partial charge on any atom is 0.255 e. The van der Waals surface area contributed by atoms with E-state index < -0.39 is 69.5 Å². The van der Waals surface area contributed by atoms with Crippen LogP contribution in [0.1, 0.15) is 17.5 Å². The van der Waals surface area contributed by atoms with Gasteiger partial charge < -0.3 is 36.0 Å². The number of benzene rings is 1. The minimum atomic E-state index is -2.85. The molecule has 1 amide bonds. The number of nitrogens with zero attached hydrogens (tertiary/aromatic N) is 4. The lowest BCUT2D eigenvalue weighted by Gasteiger charge is -2.50. The molecular weight excluding hydrogens is 478 g/mol. The number of likely N-dealkylation sites (N-methyl/N-ethyl adjacent to an activating group) is 1. The molecule has 0 unspecified atom stereocenters. The van der Waals surface area contributed by atoms with E-state index in [1.165, 1.54) is 19.1 Å².